The van der Waals surface area contributed by atoms with E-state index in [1.54, 1.807) is 18.0 Å². The van der Waals surface area contributed by atoms with Crippen molar-refractivity contribution in [1.82, 2.24) is 9.88 Å². The van der Waals surface area contributed by atoms with E-state index in [0.29, 0.717) is 18.1 Å². The van der Waals surface area contributed by atoms with Crippen LogP contribution in [0, 0.1) is 6.92 Å². The van der Waals surface area contributed by atoms with Crippen molar-refractivity contribution in [2.75, 3.05) is 19.5 Å². The van der Waals surface area contributed by atoms with Crippen LogP contribution in [0.3, 0.4) is 0 Å². The molecule has 0 bridgehead atoms. The molecule has 0 fully saturated rings. The van der Waals surface area contributed by atoms with Gasteiger partial charge in [0.1, 0.15) is 5.69 Å². The number of halogens is 1. The molecule has 4 heteroatoms. The van der Waals surface area contributed by atoms with Crippen LogP contribution in [0.5, 0.6) is 0 Å². The first-order valence-corrected chi connectivity index (χ1v) is 4.93. The summed E-state index contributed by atoms with van der Waals surface area (Å²) in [6.45, 7) is 2.40. The first-order chi connectivity index (χ1) is 6.65. The highest BCUT2D eigenvalue weighted by Gasteiger charge is 2.11. The number of rotatable bonds is 3. The van der Waals surface area contributed by atoms with Gasteiger partial charge in [-0.25, -0.2) is 4.98 Å². The van der Waals surface area contributed by atoms with Gasteiger partial charge in [0.15, 0.2) is 0 Å². The first-order valence-electron chi connectivity index (χ1n) is 4.40. The Labute approximate surface area is 88.7 Å². The van der Waals surface area contributed by atoms with Gasteiger partial charge < -0.3 is 4.90 Å². The molecule has 0 N–H and O–H groups in total. The Morgan fingerprint density at radius 1 is 1.57 bits per heavy atom. The van der Waals surface area contributed by atoms with Gasteiger partial charge in [0.05, 0.1) is 0 Å². The molecule has 0 aliphatic carbocycles. The molecule has 0 spiro atoms. The standard InChI is InChI=1S/C10H13ClN2O/c1-8-4-3-5-9(12-8)10(14)13(2)7-6-11/h3-5H,6-7H2,1-2H3. The van der Waals surface area contributed by atoms with E-state index >= 15 is 0 Å². The summed E-state index contributed by atoms with van der Waals surface area (Å²) in [5.41, 5.74) is 1.31. The lowest BCUT2D eigenvalue weighted by Gasteiger charge is -2.14. The molecule has 0 aliphatic rings. The quantitative estimate of drug-likeness (QED) is 0.715. The van der Waals surface area contributed by atoms with Crippen LogP contribution < -0.4 is 0 Å². The average molecular weight is 213 g/mol. The summed E-state index contributed by atoms with van der Waals surface area (Å²) < 4.78 is 0. The maximum absolute atomic E-state index is 11.7. The van der Waals surface area contributed by atoms with E-state index < -0.39 is 0 Å². The van der Waals surface area contributed by atoms with Crippen LogP contribution in [0.15, 0.2) is 18.2 Å². The zero-order chi connectivity index (χ0) is 10.6. The smallest absolute Gasteiger partial charge is 0.272 e. The Morgan fingerprint density at radius 3 is 2.86 bits per heavy atom. The van der Waals surface area contributed by atoms with Crippen molar-refractivity contribution in [2.45, 2.75) is 6.92 Å². The highest BCUT2D eigenvalue weighted by Crippen LogP contribution is 2.02. The van der Waals surface area contributed by atoms with Gasteiger partial charge in [-0.1, -0.05) is 6.07 Å². The third kappa shape index (κ3) is 2.70. The van der Waals surface area contributed by atoms with E-state index in [9.17, 15) is 4.79 Å². The molecule has 14 heavy (non-hydrogen) atoms. The van der Waals surface area contributed by atoms with E-state index in [1.165, 1.54) is 0 Å². The molecule has 0 aliphatic heterocycles. The number of carbonyl (C=O) groups is 1. The highest BCUT2D eigenvalue weighted by molar-refractivity contribution is 6.18. The lowest BCUT2D eigenvalue weighted by atomic mass is 10.3. The fraction of sp³-hybridized carbons (Fsp3) is 0.400. The number of hydrogen-bond donors (Lipinski definition) is 0. The Balaban J connectivity index is 2.78. The van der Waals surface area contributed by atoms with Gasteiger partial charge in [-0.2, -0.15) is 0 Å². The van der Waals surface area contributed by atoms with Gasteiger partial charge in [0, 0.05) is 25.2 Å². The van der Waals surface area contributed by atoms with E-state index in [1.807, 2.05) is 19.1 Å². The Kier molecular flexibility index (Phi) is 3.89. The van der Waals surface area contributed by atoms with Crippen molar-refractivity contribution in [3.8, 4) is 0 Å². The van der Waals surface area contributed by atoms with Crippen molar-refractivity contribution in [1.29, 1.82) is 0 Å². The lowest BCUT2D eigenvalue weighted by Crippen LogP contribution is -2.29. The number of hydrogen-bond acceptors (Lipinski definition) is 2. The van der Waals surface area contributed by atoms with Crippen molar-refractivity contribution < 1.29 is 4.79 Å². The van der Waals surface area contributed by atoms with Gasteiger partial charge in [0.2, 0.25) is 0 Å². The molecule has 0 saturated carbocycles. The number of carbonyl (C=O) groups excluding carboxylic acids is 1. The molecule has 1 aromatic rings. The summed E-state index contributed by atoms with van der Waals surface area (Å²) in [7, 11) is 1.72. The number of alkyl halides is 1. The maximum Gasteiger partial charge on any atom is 0.272 e. The van der Waals surface area contributed by atoms with E-state index in [0.717, 1.165) is 5.69 Å². The molecule has 0 radical (unpaired) electrons. The summed E-state index contributed by atoms with van der Waals surface area (Å²) in [5, 5.41) is 0. The van der Waals surface area contributed by atoms with Gasteiger partial charge >= 0.3 is 0 Å². The second-order valence-electron chi connectivity index (χ2n) is 3.08. The molecule has 0 aromatic carbocycles. The van der Waals surface area contributed by atoms with Crippen LogP contribution in [-0.2, 0) is 0 Å². The molecular weight excluding hydrogens is 200 g/mol. The monoisotopic (exact) mass is 212 g/mol. The van der Waals surface area contributed by atoms with E-state index in [4.69, 9.17) is 11.6 Å². The molecule has 1 rings (SSSR count). The third-order valence-corrected chi connectivity index (χ3v) is 2.04. The molecule has 76 valence electrons. The molecule has 1 aromatic heterocycles. The second kappa shape index (κ2) is 4.96. The third-order valence-electron chi connectivity index (χ3n) is 1.87. The Morgan fingerprint density at radius 2 is 2.29 bits per heavy atom. The summed E-state index contributed by atoms with van der Waals surface area (Å²) in [5.74, 6) is 0.350. The van der Waals surface area contributed by atoms with Gasteiger partial charge in [-0.3, -0.25) is 4.79 Å². The van der Waals surface area contributed by atoms with E-state index in [2.05, 4.69) is 4.98 Å². The Bertz CT molecular complexity index is 328. The van der Waals surface area contributed by atoms with E-state index in [-0.39, 0.29) is 5.91 Å². The van der Waals surface area contributed by atoms with Crippen LogP contribution in [0.4, 0.5) is 0 Å². The zero-order valence-corrected chi connectivity index (χ0v) is 9.08. The van der Waals surface area contributed by atoms with Crippen LogP contribution in [0.2, 0.25) is 0 Å². The number of amides is 1. The average Bonchev–Trinajstić information content (AvgIpc) is 2.17. The van der Waals surface area contributed by atoms with Crippen LogP contribution in [0.1, 0.15) is 16.2 Å². The second-order valence-corrected chi connectivity index (χ2v) is 3.46. The lowest BCUT2D eigenvalue weighted by molar-refractivity contribution is 0.0797. The number of aromatic nitrogens is 1. The SMILES string of the molecule is Cc1cccc(C(=O)N(C)CCCl)n1. The molecule has 0 unspecified atom stereocenters. The fourth-order valence-electron chi connectivity index (χ4n) is 1.09. The molecular formula is C10H13ClN2O. The summed E-state index contributed by atoms with van der Waals surface area (Å²) in [4.78, 5) is 17.4. The minimum atomic E-state index is -0.0886. The van der Waals surface area contributed by atoms with Crippen molar-refractivity contribution >= 4 is 17.5 Å². The number of aryl methyl sites for hydroxylation is 1. The van der Waals surface area contributed by atoms with Crippen LogP contribution in [0.25, 0.3) is 0 Å². The van der Waals surface area contributed by atoms with Gasteiger partial charge in [-0.05, 0) is 19.1 Å². The molecule has 0 atom stereocenters. The summed E-state index contributed by atoms with van der Waals surface area (Å²) >= 11 is 5.54. The molecule has 0 saturated heterocycles. The predicted molar refractivity (Wildman–Crippen MR) is 56.7 cm³/mol. The van der Waals surface area contributed by atoms with Crippen molar-refractivity contribution in [3.63, 3.8) is 0 Å². The zero-order valence-electron chi connectivity index (χ0n) is 8.33. The molecule has 1 heterocycles. The van der Waals surface area contributed by atoms with Crippen molar-refractivity contribution in [2.24, 2.45) is 0 Å². The normalized spacial score (nSPS) is 9.93. The van der Waals surface area contributed by atoms with Gasteiger partial charge in [-0.15, -0.1) is 11.6 Å². The topological polar surface area (TPSA) is 33.2 Å². The maximum atomic E-state index is 11.7. The highest BCUT2D eigenvalue weighted by atomic mass is 35.5. The fourth-order valence-corrected chi connectivity index (χ4v) is 1.34. The number of nitrogens with zero attached hydrogens (tertiary/aromatic N) is 2. The van der Waals surface area contributed by atoms with Crippen LogP contribution in [-0.4, -0.2) is 35.3 Å². The van der Waals surface area contributed by atoms with Crippen molar-refractivity contribution in [3.05, 3.63) is 29.6 Å². The minimum absolute atomic E-state index is 0.0886. The first kappa shape index (κ1) is 11.0. The van der Waals surface area contributed by atoms with Gasteiger partial charge in [0.25, 0.3) is 5.91 Å². The number of pyridine rings is 1. The molecule has 3 nitrogen and oxygen atoms in total. The minimum Gasteiger partial charge on any atom is -0.339 e. The summed E-state index contributed by atoms with van der Waals surface area (Å²) in [6.07, 6.45) is 0. The summed E-state index contributed by atoms with van der Waals surface area (Å²) in [6, 6.07) is 5.39. The largest absolute Gasteiger partial charge is 0.339 e. The Hall–Kier alpha value is -1.09. The van der Waals surface area contributed by atoms with Crippen LogP contribution >= 0.6 is 11.6 Å². The molecule has 1 amide bonds. The predicted octanol–water partition coefficient (Wildman–Crippen LogP) is 1.70.